The smallest absolute Gasteiger partial charge is 0.335 e. The number of nitrogens with zero attached hydrogens (tertiary/aromatic N) is 2. The average Bonchev–Trinajstić information content (AvgIpc) is 2.61. The molecular weight excluding hydrogens is 316 g/mol. The van der Waals surface area contributed by atoms with E-state index in [0.717, 1.165) is 32.8 Å². The van der Waals surface area contributed by atoms with Gasteiger partial charge in [0.2, 0.25) is 0 Å². The fourth-order valence-electron chi connectivity index (χ4n) is 2.56. The number of ether oxygens (including phenoxy) is 1. The molecule has 0 saturated carbocycles. The fraction of sp³-hybridized carbons (Fsp3) is 0.158. The maximum Gasteiger partial charge on any atom is 0.335 e. The molecule has 3 N–H and O–H groups in total. The lowest BCUT2D eigenvalue weighted by atomic mass is 10.1. The van der Waals surface area contributed by atoms with Gasteiger partial charge in [-0.25, -0.2) is 10.6 Å². The van der Waals surface area contributed by atoms with Crippen molar-refractivity contribution in [2.75, 3.05) is 12.4 Å². The van der Waals surface area contributed by atoms with E-state index in [1.165, 1.54) is 7.05 Å². The molecule has 3 aromatic rings. The highest BCUT2D eigenvalue weighted by atomic mass is 16.5. The predicted molar refractivity (Wildman–Crippen MR) is 98.2 cm³/mol. The first-order valence-corrected chi connectivity index (χ1v) is 7.90. The zero-order valence-electron chi connectivity index (χ0n) is 14.2. The number of aromatic nitrogens is 1. The number of rotatable bonds is 4. The molecule has 1 heterocycles. The standard InChI is InChI=1S/C19H20N4O2/c1-13-6-5-9-17(22-19(24)23(2)20)15(13)12-25-18-10-11-21-16-8-4-3-7-14(16)18/h3-11H,12,20H2,1-2H3,(H,22,24). The number of carbonyl (C=O) groups excluding carboxylic acids is 1. The molecule has 0 unspecified atom stereocenters. The quantitative estimate of drug-likeness (QED) is 0.434. The highest BCUT2D eigenvalue weighted by Crippen LogP contribution is 2.26. The number of aryl methyl sites for hydroxylation is 1. The van der Waals surface area contributed by atoms with Crippen LogP contribution in [-0.2, 0) is 6.61 Å². The van der Waals surface area contributed by atoms with Gasteiger partial charge in [-0.2, -0.15) is 0 Å². The van der Waals surface area contributed by atoms with E-state index in [9.17, 15) is 4.79 Å². The summed E-state index contributed by atoms with van der Waals surface area (Å²) in [7, 11) is 1.49. The molecule has 3 rings (SSSR count). The molecule has 0 aliphatic heterocycles. The summed E-state index contributed by atoms with van der Waals surface area (Å²) in [5.41, 5.74) is 3.48. The van der Waals surface area contributed by atoms with Crippen molar-refractivity contribution in [2.45, 2.75) is 13.5 Å². The van der Waals surface area contributed by atoms with Crippen molar-refractivity contribution in [3.05, 3.63) is 65.9 Å². The Bertz CT molecular complexity index is 904. The van der Waals surface area contributed by atoms with Gasteiger partial charge in [-0.1, -0.05) is 24.3 Å². The van der Waals surface area contributed by atoms with Gasteiger partial charge in [0.05, 0.1) is 5.52 Å². The minimum atomic E-state index is -0.388. The predicted octanol–water partition coefficient (Wildman–Crippen LogP) is 3.46. The molecule has 128 valence electrons. The minimum absolute atomic E-state index is 0.324. The molecule has 0 atom stereocenters. The normalized spacial score (nSPS) is 10.5. The van der Waals surface area contributed by atoms with Gasteiger partial charge in [-0.3, -0.25) is 9.99 Å². The van der Waals surface area contributed by atoms with Crippen LogP contribution in [-0.4, -0.2) is 23.1 Å². The number of carbonyl (C=O) groups is 1. The molecule has 2 aromatic carbocycles. The molecule has 6 nitrogen and oxygen atoms in total. The number of nitrogens with one attached hydrogen (secondary N) is 1. The van der Waals surface area contributed by atoms with Crippen LogP contribution in [0.3, 0.4) is 0 Å². The number of pyridine rings is 1. The molecule has 25 heavy (non-hydrogen) atoms. The minimum Gasteiger partial charge on any atom is -0.488 e. The summed E-state index contributed by atoms with van der Waals surface area (Å²) in [6.45, 7) is 2.30. The van der Waals surface area contributed by atoms with Crippen molar-refractivity contribution >= 4 is 22.6 Å². The number of hydrogen-bond donors (Lipinski definition) is 2. The second kappa shape index (κ2) is 7.19. The van der Waals surface area contributed by atoms with E-state index in [0.29, 0.717) is 12.3 Å². The number of hydrogen-bond acceptors (Lipinski definition) is 4. The fourth-order valence-corrected chi connectivity index (χ4v) is 2.56. The van der Waals surface area contributed by atoms with Gasteiger partial charge >= 0.3 is 6.03 Å². The van der Waals surface area contributed by atoms with Crippen molar-refractivity contribution in [3.63, 3.8) is 0 Å². The number of para-hydroxylation sites is 1. The van der Waals surface area contributed by atoms with Gasteiger partial charge in [0.1, 0.15) is 12.4 Å². The highest BCUT2D eigenvalue weighted by molar-refractivity contribution is 5.90. The molecular formula is C19H20N4O2. The molecule has 0 fully saturated rings. The lowest BCUT2D eigenvalue weighted by Crippen LogP contribution is -2.37. The first-order chi connectivity index (χ1) is 12.1. The van der Waals surface area contributed by atoms with E-state index in [2.05, 4.69) is 10.3 Å². The first kappa shape index (κ1) is 16.7. The molecule has 0 bridgehead atoms. The SMILES string of the molecule is Cc1cccc(NC(=O)N(C)N)c1COc1ccnc2ccccc12. The van der Waals surface area contributed by atoms with E-state index < -0.39 is 0 Å². The Labute approximate surface area is 146 Å². The molecule has 0 aliphatic rings. The molecule has 2 amide bonds. The van der Waals surface area contributed by atoms with Gasteiger partial charge in [-0.15, -0.1) is 0 Å². The van der Waals surface area contributed by atoms with E-state index >= 15 is 0 Å². The van der Waals surface area contributed by atoms with Crippen LogP contribution in [0.4, 0.5) is 10.5 Å². The van der Waals surface area contributed by atoms with Gasteiger partial charge in [0, 0.05) is 29.9 Å². The van der Waals surface area contributed by atoms with Crippen molar-refractivity contribution < 1.29 is 9.53 Å². The number of benzene rings is 2. The molecule has 0 spiro atoms. The van der Waals surface area contributed by atoms with Crippen molar-refractivity contribution in [3.8, 4) is 5.75 Å². The van der Waals surface area contributed by atoms with E-state index in [-0.39, 0.29) is 6.03 Å². The van der Waals surface area contributed by atoms with Crippen LogP contribution in [0.2, 0.25) is 0 Å². The van der Waals surface area contributed by atoms with Crippen molar-refractivity contribution in [1.82, 2.24) is 9.99 Å². The summed E-state index contributed by atoms with van der Waals surface area (Å²) in [4.78, 5) is 16.2. The summed E-state index contributed by atoms with van der Waals surface area (Å²) in [6, 6.07) is 15.0. The first-order valence-electron chi connectivity index (χ1n) is 7.90. The van der Waals surface area contributed by atoms with Gasteiger partial charge < -0.3 is 10.1 Å². The van der Waals surface area contributed by atoms with Crippen LogP contribution in [0.5, 0.6) is 5.75 Å². The maximum absolute atomic E-state index is 11.9. The molecule has 6 heteroatoms. The van der Waals surface area contributed by atoms with Gasteiger partial charge in [0.15, 0.2) is 0 Å². The topological polar surface area (TPSA) is 80.5 Å². The van der Waals surface area contributed by atoms with Crippen LogP contribution >= 0.6 is 0 Å². The summed E-state index contributed by atoms with van der Waals surface area (Å²) >= 11 is 0. The average molecular weight is 336 g/mol. The maximum atomic E-state index is 11.9. The Kier molecular flexibility index (Phi) is 4.81. The highest BCUT2D eigenvalue weighted by Gasteiger charge is 2.12. The molecule has 0 aliphatic carbocycles. The van der Waals surface area contributed by atoms with E-state index in [4.69, 9.17) is 10.6 Å². The Morgan fingerprint density at radius 3 is 2.80 bits per heavy atom. The third-order valence-electron chi connectivity index (χ3n) is 3.95. The van der Waals surface area contributed by atoms with Crippen molar-refractivity contribution in [1.29, 1.82) is 0 Å². The van der Waals surface area contributed by atoms with Gasteiger partial charge in [-0.05, 0) is 36.8 Å². The lowest BCUT2D eigenvalue weighted by Gasteiger charge is -2.17. The van der Waals surface area contributed by atoms with Gasteiger partial charge in [0.25, 0.3) is 0 Å². The summed E-state index contributed by atoms with van der Waals surface area (Å²) in [6.07, 6.45) is 1.72. The number of amides is 2. The third-order valence-corrected chi connectivity index (χ3v) is 3.95. The Morgan fingerprint density at radius 1 is 1.20 bits per heavy atom. The van der Waals surface area contributed by atoms with Crippen LogP contribution in [0.25, 0.3) is 10.9 Å². The number of fused-ring (bicyclic) bond motifs is 1. The third kappa shape index (κ3) is 3.70. The number of hydrazine groups is 1. The Balaban J connectivity index is 1.86. The zero-order valence-corrected chi connectivity index (χ0v) is 14.2. The monoisotopic (exact) mass is 336 g/mol. The molecule has 1 aromatic heterocycles. The lowest BCUT2D eigenvalue weighted by molar-refractivity contribution is 0.223. The molecule has 0 saturated heterocycles. The summed E-state index contributed by atoms with van der Waals surface area (Å²) in [5, 5.41) is 4.75. The summed E-state index contributed by atoms with van der Waals surface area (Å²) in [5.74, 6) is 6.23. The molecule has 0 radical (unpaired) electrons. The van der Waals surface area contributed by atoms with Crippen LogP contribution < -0.4 is 15.9 Å². The second-order valence-electron chi connectivity index (χ2n) is 5.76. The largest absolute Gasteiger partial charge is 0.488 e. The van der Waals surface area contributed by atoms with Crippen molar-refractivity contribution in [2.24, 2.45) is 5.84 Å². The second-order valence-corrected chi connectivity index (χ2v) is 5.76. The van der Waals surface area contributed by atoms with Crippen LogP contribution in [0, 0.1) is 6.92 Å². The Hall–Kier alpha value is -3.12. The van der Waals surface area contributed by atoms with E-state index in [1.807, 2.05) is 55.5 Å². The number of nitrogens with two attached hydrogens (primary N) is 1. The van der Waals surface area contributed by atoms with E-state index in [1.54, 1.807) is 6.20 Å². The zero-order chi connectivity index (χ0) is 17.8. The van der Waals surface area contributed by atoms with Crippen LogP contribution in [0.15, 0.2) is 54.7 Å². The summed E-state index contributed by atoms with van der Waals surface area (Å²) < 4.78 is 6.03. The number of anilines is 1. The number of urea groups is 1. The Morgan fingerprint density at radius 2 is 2.00 bits per heavy atom. The van der Waals surface area contributed by atoms with Crippen LogP contribution in [0.1, 0.15) is 11.1 Å².